The molecule has 29 heavy (non-hydrogen) atoms. The van der Waals surface area contributed by atoms with Gasteiger partial charge in [0.2, 0.25) is 0 Å². The molecule has 0 radical (unpaired) electrons. The lowest BCUT2D eigenvalue weighted by Gasteiger charge is -2.21. The smallest absolute Gasteiger partial charge is 0.264 e. The van der Waals surface area contributed by atoms with Crippen molar-refractivity contribution in [2.75, 3.05) is 18.4 Å². The van der Waals surface area contributed by atoms with Crippen molar-refractivity contribution in [1.29, 1.82) is 0 Å². The monoisotopic (exact) mass is 412 g/mol. The molecule has 0 N–H and O–H groups in total. The molecule has 0 saturated heterocycles. The molecule has 0 aliphatic carbocycles. The number of carbonyl (C=O) groups is 1. The molecule has 0 atom stereocenters. The first-order chi connectivity index (χ1) is 13.7. The SMILES string of the molecule is Cc1ccc(N(C)S(=O)(=O)c2cccc(C(=O)N(C)Cc3ccc(C)o3)c2)cc1. The number of hydrogen-bond donors (Lipinski definition) is 0. The molecule has 0 unspecified atom stereocenters. The Hall–Kier alpha value is -3.06. The van der Waals surface area contributed by atoms with Crippen LogP contribution in [0.4, 0.5) is 5.69 Å². The van der Waals surface area contributed by atoms with Gasteiger partial charge in [-0.3, -0.25) is 9.10 Å². The molecule has 0 spiro atoms. The predicted octanol–water partition coefficient (Wildman–Crippen LogP) is 3.99. The van der Waals surface area contributed by atoms with Crippen molar-refractivity contribution in [2.24, 2.45) is 0 Å². The van der Waals surface area contributed by atoms with E-state index in [4.69, 9.17) is 4.42 Å². The zero-order chi connectivity index (χ0) is 21.2. The van der Waals surface area contributed by atoms with E-state index in [-0.39, 0.29) is 10.8 Å². The topological polar surface area (TPSA) is 70.8 Å². The molecule has 6 nitrogen and oxygen atoms in total. The van der Waals surface area contributed by atoms with Gasteiger partial charge in [0.15, 0.2) is 0 Å². The van der Waals surface area contributed by atoms with E-state index in [2.05, 4.69) is 0 Å². The average molecular weight is 413 g/mol. The molecule has 0 aliphatic rings. The van der Waals surface area contributed by atoms with Gasteiger partial charge in [0.1, 0.15) is 11.5 Å². The molecule has 2 aromatic carbocycles. The number of aryl methyl sites for hydroxylation is 2. The molecule has 152 valence electrons. The summed E-state index contributed by atoms with van der Waals surface area (Å²) in [5.74, 6) is 1.16. The van der Waals surface area contributed by atoms with Gasteiger partial charge in [-0.1, -0.05) is 23.8 Å². The van der Waals surface area contributed by atoms with E-state index in [0.717, 1.165) is 11.3 Å². The summed E-state index contributed by atoms with van der Waals surface area (Å²) in [6, 6.07) is 16.9. The lowest BCUT2D eigenvalue weighted by Crippen LogP contribution is -2.28. The van der Waals surface area contributed by atoms with E-state index >= 15 is 0 Å². The Morgan fingerprint density at radius 1 is 0.966 bits per heavy atom. The van der Waals surface area contributed by atoms with Crippen LogP contribution in [0, 0.1) is 13.8 Å². The van der Waals surface area contributed by atoms with Crippen molar-refractivity contribution in [2.45, 2.75) is 25.3 Å². The number of hydrogen-bond acceptors (Lipinski definition) is 4. The van der Waals surface area contributed by atoms with Gasteiger partial charge in [0, 0.05) is 19.7 Å². The first kappa shape index (κ1) is 20.7. The van der Waals surface area contributed by atoms with Crippen LogP contribution in [0.25, 0.3) is 0 Å². The fourth-order valence-electron chi connectivity index (χ4n) is 2.94. The molecular formula is C22H24N2O4S. The van der Waals surface area contributed by atoms with Gasteiger partial charge < -0.3 is 9.32 Å². The molecule has 3 rings (SSSR count). The Balaban J connectivity index is 1.83. The summed E-state index contributed by atoms with van der Waals surface area (Å²) in [6.07, 6.45) is 0. The second-order valence-electron chi connectivity index (χ2n) is 7.01. The summed E-state index contributed by atoms with van der Waals surface area (Å²) in [4.78, 5) is 14.3. The Morgan fingerprint density at radius 2 is 1.66 bits per heavy atom. The predicted molar refractivity (Wildman–Crippen MR) is 112 cm³/mol. The summed E-state index contributed by atoms with van der Waals surface area (Å²) < 4.78 is 32.8. The second kappa shape index (κ2) is 8.13. The molecule has 3 aromatic rings. The number of benzene rings is 2. The van der Waals surface area contributed by atoms with E-state index in [0.29, 0.717) is 23.6 Å². The highest BCUT2D eigenvalue weighted by Crippen LogP contribution is 2.23. The molecule has 1 amide bonds. The molecule has 0 saturated carbocycles. The third-order valence-corrected chi connectivity index (χ3v) is 6.45. The fraction of sp³-hybridized carbons (Fsp3) is 0.227. The van der Waals surface area contributed by atoms with Crippen LogP contribution in [-0.4, -0.2) is 33.3 Å². The Labute approximate surface area is 171 Å². The Morgan fingerprint density at radius 3 is 2.28 bits per heavy atom. The highest BCUT2D eigenvalue weighted by molar-refractivity contribution is 7.92. The Kier molecular flexibility index (Phi) is 5.79. The van der Waals surface area contributed by atoms with Gasteiger partial charge in [-0.05, 0) is 56.3 Å². The largest absolute Gasteiger partial charge is 0.464 e. The minimum Gasteiger partial charge on any atom is -0.464 e. The first-order valence-electron chi connectivity index (χ1n) is 9.15. The number of amides is 1. The maximum Gasteiger partial charge on any atom is 0.264 e. The van der Waals surface area contributed by atoms with E-state index in [9.17, 15) is 13.2 Å². The van der Waals surface area contributed by atoms with Gasteiger partial charge in [-0.15, -0.1) is 0 Å². The zero-order valence-corrected chi connectivity index (χ0v) is 17.7. The lowest BCUT2D eigenvalue weighted by molar-refractivity contribution is 0.0774. The molecule has 0 bridgehead atoms. The number of furan rings is 1. The number of nitrogens with zero attached hydrogens (tertiary/aromatic N) is 2. The summed E-state index contributed by atoms with van der Waals surface area (Å²) in [7, 11) is -0.646. The van der Waals surface area contributed by atoms with Crippen LogP contribution in [0.2, 0.25) is 0 Å². The second-order valence-corrected chi connectivity index (χ2v) is 8.98. The molecule has 0 fully saturated rings. The number of carbonyl (C=O) groups excluding carboxylic acids is 1. The van der Waals surface area contributed by atoms with Crippen LogP contribution in [0.15, 0.2) is 70.0 Å². The molecule has 0 aliphatic heterocycles. The number of anilines is 1. The van der Waals surface area contributed by atoms with Crippen molar-refractivity contribution in [1.82, 2.24) is 4.90 Å². The van der Waals surface area contributed by atoms with Gasteiger partial charge in [0.25, 0.3) is 15.9 Å². The minimum absolute atomic E-state index is 0.0636. The van der Waals surface area contributed by atoms with E-state index in [1.807, 2.05) is 38.1 Å². The number of rotatable bonds is 6. The minimum atomic E-state index is -3.80. The van der Waals surface area contributed by atoms with E-state index < -0.39 is 10.0 Å². The maximum atomic E-state index is 13.0. The van der Waals surface area contributed by atoms with Crippen molar-refractivity contribution in [3.05, 3.63) is 83.3 Å². The summed E-state index contributed by atoms with van der Waals surface area (Å²) >= 11 is 0. The van der Waals surface area contributed by atoms with Crippen LogP contribution in [0.5, 0.6) is 0 Å². The van der Waals surface area contributed by atoms with Gasteiger partial charge >= 0.3 is 0 Å². The quantitative estimate of drug-likeness (QED) is 0.614. The van der Waals surface area contributed by atoms with E-state index in [1.165, 1.54) is 28.4 Å². The lowest BCUT2D eigenvalue weighted by atomic mass is 10.2. The zero-order valence-electron chi connectivity index (χ0n) is 16.9. The maximum absolute atomic E-state index is 13.0. The standard InChI is InChI=1S/C22H24N2O4S/c1-16-8-11-19(12-9-16)24(4)29(26,27)21-7-5-6-18(14-21)22(25)23(3)15-20-13-10-17(2)28-20/h5-14H,15H2,1-4H3. The molecular weight excluding hydrogens is 388 g/mol. The van der Waals surface area contributed by atoms with Crippen molar-refractivity contribution in [3.8, 4) is 0 Å². The molecule has 1 heterocycles. The summed E-state index contributed by atoms with van der Waals surface area (Å²) in [5.41, 5.74) is 1.90. The van der Waals surface area contributed by atoms with E-state index in [1.54, 1.807) is 31.3 Å². The van der Waals surface area contributed by atoms with Crippen LogP contribution in [0.3, 0.4) is 0 Å². The van der Waals surface area contributed by atoms with Gasteiger partial charge in [-0.2, -0.15) is 0 Å². The summed E-state index contributed by atoms with van der Waals surface area (Å²) in [6.45, 7) is 4.07. The molecule has 7 heteroatoms. The van der Waals surface area contributed by atoms with Crippen molar-refractivity contribution >= 4 is 21.6 Å². The first-order valence-corrected chi connectivity index (χ1v) is 10.6. The normalized spacial score (nSPS) is 11.3. The third kappa shape index (κ3) is 4.51. The van der Waals surface area contributed by atoms with Crippen LogP contribution in [-0.2, 0) is 16.6 Å². The van der Waals surface area contributed by atoms with Gasteiger partial charge in [-0.25, -0.2) is 8.42 Å². The number of sulfonamides is 1. The van der Waals surface area contributed by atoms with Gasteiger partial charge in [0.05, 0.1) is 17.1 Å². The fourth-order valence-corrected chi connectivity index (χ4v) is 4.18. The van der Waals surface area contributed by atoms with Crippen LogP contribution in [0.1, 0.15) is 27.4 Å². The third-order valence-electron chi connectivity index (χ3n) is 4.67. The molecule has 1 aromatic heterocycles. The Bertz CT molecular complexity index is 1120. The average Bonchev–Trinajstić information content (AvgIpc) is 3.12. The van der Waals surface area contributed by atoms with Crippen molar-refractivity contribution in [3.63, 3.8) is 0 Å². The van der Waals surface area contributed by atoms with Crippen LogP contribution < -0.4 is 4.31 Å². The highest BCUT2D eigenvalue weighted by Gasteiger charge is 2.23. The van der Waals surface area contributed by atoms with Crippen LogP contribution >= 0.6 is 0 Å². The van der Waals surface area contributed by atoms with Crippen molar-refractivity contribution < 1.29 is 17.6 Å². The summed E-state index contributed by atoms with van der Waals surface area (Å²) in [5, 5.41) is 0. The highest BCUT2D eigenvalue weighted by atomic mass is 32.2.